The van der Waals surface area contributed by atoms with E-state index in [0.29, 0.717) is 0 Å². The summed E-state index contributed by atoms with van der Waals surface area (Å²) >= 11 is 0. The highest BCUT2D eigenvalue weighted by atomic mass is 16.1. The number of aromatic nitrogens is 2. The van der Waals surface area contributed by atoms with Gasteiger partial charge in [0, 0.05) is 31.2 Å². The Morgan fingerprint density at radius 2 is 2.45 bits per heavy atom. The average molecular weight is 270 g/mol. The molecule has 0 unspecified atom stereocenters. The molecule has 3 rings (SSSR count). The van der Waals surface area contributed by atoms with E-state index in [4.69, 9.17) is 0 Å². The van der Waals surface area contributed by atoms with Gasteiger partial charge in [0.25, 0.3) is 0 Å². The number of imidazole rings is 1. The summed E-state index contributed by atoms with van der Waals surface area (Å²) in [5.41, 5.74) is 2.00. The van der Waals surface area contributed by atoms with Gasteiger partial charge in [-0.3, -0.25) is 4.79 Å². The van der Waals surface area contributed by atoms with E-state index in [1.165, 1.54) is 0 Å². The van der Waals surface area contributed by atoms with E-state index >= 15 is 0 Å². The van der Waals surface area contributed by atoms with Crippen LogP contribution in [-0.4, -0.2) is 28.5 Å². The van der Waals surface area contributed by atoms with Crippen molar-refractivity contribution in [3.05, 3.63) is 48.5 Å². The Hall–Kier alpha value is -2.14. The maximum atomic E-state index is 12.1. The van der Waals surface area contributed by atoms with E-state index in [9.17, 15) is 4.79 Å². The summed E-state index contributed by atoms with van der Waals surface area (Å²) in [6, 6.07) is 7.96. The molecule has 5 heteroatoms. The molecule has 2 heterocycles. The van der Waals surface area contributed by atoms with Crippen LogP contribution in [0.5, 0.6) is 0 Å². The lowest BCUT2D eigenvalue weighted by Crippen LogP contribution is -2.24. The minimum atomic E-state index is 0.0901. The van der Waals surface area contributed by atoms with Gasteiger partial charge in [-0.05, 0) is 30.7 Å². The molecular weight excluding hydrogens is 252 g/mol. The first-order valence-electron chi connectivity index (χ1n) is 6.87. The Morgan fingerprint density at radius 3 is 3.20 bits per heavy atom. The van der Waals surface area contributed by atoms with E-state index in [-0.39, 0.29) is 11.8 Å². The molecule has 2 N–H and O–H groups in total. The molecule has 0 spiro atoms. The van der Waals surface area contributed by atoms with E-state index < -0.39 is 0 Å². The highest BCUT2D eigenvalue weighted by molar-refractivity contribution is 5.92. The Balaban J connectivity index is 1.66. The van der Waals surface area contributed by atoms with Gasteiger partial charge >= 0.3 is 0 Å². The van der Waals surface area contributed by atoms with E-state index in [0.717, 1.165) is 37.3 Å². The van der Waals surface area contributed by atoms with Crippen molar-refractivity contribution >= 4 is 11.6 Å². The minimum Gasteiger partial charge on any atom is -0.333 e. The van der Waals surface area contributed by atoms with Crippen molar-refractivity contribution in [3.8, 4) is 0 Å². The SMILES string of the molecule is O=C(Nc1cccc(Cn2ccnc2)c1)[C@@H]1CCNC1. The summed E-state index contributed by atoms with van der Waals surface area (Å²) in [4.78, 5) is 16.1. The van der Waals surface area contributed by atoms with Crippen LogP contribution in [0.3, 0.4) is 0 Å². The molecule has 1 amide bonds. The number of rotatable bonds is 4. The number of amides is 1. The molecule has 1 aromatic carbocycles. The molecule has 1 atom stereocenters. The molecule has 0 aliphatic carbocycles. The number of carbonyl (C=O) groups excluding carboxylic acids is 1. The highest BCUT2D eigenvalue weighted by Crippen LogP contribution is 2.15. The van der Waals surface area contributed by atoms with Crippen LogP contribution in [0, 0.1) is 5.92 Å². The monoisotopic (exact) mass is 270 g/mol. The predicted octanol–water partition coefficient (Wildman–Crippen LogP) is 1.48. The first-order chi connectivity index (χ1) is 9.81. The largest absolute Gasteiger partial charge is 0.333 e. The Bertz CT molecular complexity index is 573. The molecule has 1 aliphatic rings. The lowest BCUT2D eigenvalue weighted by molar-refractivity contribution is -0.119. The molecule has 1 aliphatic heterocycles. The van der Waals surface area contributed by atoms with Crippen LogP contribution < -0.4 is 10.6 Å². The topological polar surface area (TPSA) is 59.0 Å². The Labute approximate surface area is 118 Å². The first kappa shape index (κ1) is 12.9. The average Bonchev–Trinajstić information content (AvgIpc) is 3.12. The van der Waals surface area contributed by atoms with E-state index in [1.54, 1.807) is 12.5 Å². The van der Waals surface area contributed by atoms with Gasteiger partial charge in [-0.15, -0.1) is 0 Å². The van der Waals surface area contributed by atoms with Gasteiger partial charge in [-0.2, -0.15) is 0 Å². The molecule has 104 valence electrons. The van der Waals surface area contributed by atoms with Gasteiger partial charge in [0.15, 0.2) is 0 Å². The fraction of sp³-hybridized carbons (Fsp3) is 0.333. The maximum absolute atomic E-state index is 12.1. The van der Waals surface area contributed by atoms with Crippen LogP contribution in [0.1, 0.15) is 12.0 Å². The van der Waals surface area contributed by atoms with Crippen LogP contribution in [-0.2, 0) is 11.3 Å². The molecule has 1 aromatic heterocycles. The fourth-order valence-electron chi connectivity index (χ4n) is 2.46. The number of nitrogens with zero attached hydrogens (tertiary/aromatic N) is 2. The van der Waals surface area contributed by atoms with Gasteiger partial charge in [-0.1, -0.05) is 12.1 Å². The zero-order valence-electron chi connectivity index (χ0n) is 11.2. The normalized spacial score (nSPS) is 18.1. The lowest BCUT2D eigenvalue weighted by Gasteiger charge is -2.11. The minimum absolute atomic E-state index is 0.0901. The van der Waals surface area contributed by atoms with Gasteiger partial charge in [0.2, 0.25) is 5.91 Å². The summed E-state index contributed by atoms with van der Waals surface area (Å²) in [7, 11) is 0. The second kappa shape index (κ2) is 5.88. The summed E-state index contributed by atoms with van der Waals surface area (Å²) < 4.78 is 2.00. The number of nitrogens with one attached hydrogen (secondary N) is 2. The zero-order valence-corrected chi connectivity index (χ0v) is 11.2. The van der Waals surface area contributed by atoms with Gasteiger partial charge < -0.3 is 15.2 Å². The van der Waals surface area contributed by atoms with E-state index in [1.807, 2.05) is 35.0 Å². The van der Waals surface area contributed by atoms with Crippen molar-refractivity contribution in [3.63, 3.8) is 0 Å². The molecule has 1 fully saturated rings. The van der Waals surface area contributed by atoms with Gasteiger partial charge in [-0.25, -0.2) is 4.98 Å². The smallest absolute Gasteiger partial charge is 0.228 e. The third-order valence-corrected chi connectivity index (χ3v) is 3.55. The second-order valence-electron chi connectivity index (χ2n) is 5.11. The third-order valence-electron chi connectivity index (χ3n) is 3.55. The van der Waals surface area contributed by atoms with E-state index in [2.05, 4.69) is 15.6 Å². The first-order valence-corrected chi connectivity index (χ1v) is 6.87. The molecule has 20 heavy (non-hydrogen) atoms. The maximum Gasteiger partial charge on any atom is 0.228 e. The molecule has 0 radical (unpaired) electrons. The van der Waals surface area contributed by atoms with Crippen molar-refractivity contribution in [2.75, 3.05) is 18.4 Å². The predicted molar refractivity (Wildman–Crippen MR) is 77.4 cm³/mol. The fourth-order valence-corrected chi connectivity index (χ4v) is 2.46. The molecule has 2 aromatic rings. The number of anilines is 1. The third kappa shape index (κ3) is 3.05. The van der Waals surface area contributed by atoms with Crippen LogP contribution >= 0.6 is 0 Å². The van der Waals surface area contributed by atoms with Crippen LogP contribution in [0.4, 0.5) is 5.69 Å². The molecular formula is C15H18N4O. The standard InChI is InChI=1S/C15H18N4O/c20-15(13-4-5-16-9-13)18-14-3-1-2-12(8-14)10-19-7-6-17-11-19/h1-3,6-8,11,13,16H,4-5,9-10H2,(H,18,20)/t13-/m1/s1. The Kier molecular flexibility index (Phi) is 3.78. The highest BCUT2D eigenvalue weighted by Gasteiger charge is 2.22. The van der Waals surface area contributed by atoms with Crippen molar-refractivity contribution in [1.82, 2.24) is 14.9 Å². The van der Waals surface area contributed by atoms with Gasteiger partial charge in [0.05, 0.1) is 12.2 Å². The van der Waals surface area contributed by atoms with Crippen LogP contribution in [0.15, 0.2) is 43.0 Å². The van der Waals surface area contributed by atoms with Crippen molar-refractivity contribution in [2.45, 2.75) is 13.0 Å². The number of hydrogen-bond acceptors (Lipinski definition) is 3. The summed E-state index contributed by atoms with van der Waals surface area (Å²) in [6.45, 7) is 2.47. The zero-order chi connectivity index (χ0) is 13.8. The number of benzene rings is 1. The Morgan fingerprint density at radius 1 is 1.50 bits per heavy atom. The van der Waals surface area contributed by atoms with Crippen molar-refractivity contribution < 1.29 is 4.79 Å². The van der Waals surface area contributed by atoms with Crippen LogP contribution in [0.2, 0.25) is 0 Å². The quantitative estimate of drug-likeness (QED) is 0.884. The van der Waals surface area contributed by atoms with Crippen molar-refractivity contribution in [1.29, 1.82) is 0 Å². The van der Waals surface area contributed by atoms with Crippen LogP contribution in [0.25, 0.3) is 0 Å². The number of hydrogen-bond donors (Lipinski definition) is 2. The van der Waals surface area contributed by atoms with Gasteiger partial charge in [0.1, 0.15) is 0 Å². The molecule has 0 bridgehead atoms. The summed E-state index contributed by atoms with van der Waals surface area (Å²) in [5.74, 6) is 0.196. The molecule has 5 nitrogen and oxygen atoms in total. The molecule has 0 saturated carbocycles. The number of carbonyl (C=O) groups is 1. The second-order valence-corrected chi connectivity index (χ2v) is 5.11. The van der Waals surface area contributed by atoms with Crippen molar-refractivity contribution in [2.24, 2.45) is 5.92 Å². The molecule has 1 saturated heterocycles. The summed E-state index contributed by atoms with van der Waals surface area (Å²) in [5, 5.41) is 6.21. The lowest BCUT2D eigenvalue weighted by atomic mass is 10.1. The summed E-state index contributed by atoms with van der Waals surface area (Å²) in [6.07, 6.45) is 6.39.